The monoisotopic (exact) mass is 429 g/mol. The van der Waals surface area contributed by atoms with Crippen molar-refractivity contribution < 1.29 is 33.6 Å². The van der Waals surface area contributed by atoms with Gasteiger partial charge in [0.2, 0.25) is 6.79 Å². The summed E-state index contributed by atoms with van der Waals surface area (Å²) in [6.45, 7) is 2.60. The molecule has 4 rings (SSSR count). The molecule has 8 nitrogen and oxygen atoms in total. The fourth-order valence-corrected chi connectivity index (χ4v) is 4.34. The lowest BCUT2D eigenvalue weighted by molar-refractivity contribution is 0.0862. The van der Waals surface area contributed by atoms with Gasteiger partial charge in [-0.15, -0.1) is 0 Å². The highest BCUT2D eigenvalue weighted by Gasteiger charge is 2.34. The quantitative estimate of drug-likeness (QED) is 0.754. The minimum Gasteiger partial charge on any atom is -0.493 e. The van der Waals surface area contributed by atoms with E-state index in [0.29, 0.717) is 48.8 Å². The molecule has 1 N–H and O–H groups in total. The highest BCUT2D eigenvalue weighted by atomic mass is 16.7. The average molecular weight is 429 g/mol. The van der Waals surface area contributed by atoms with E-state index in [4.69, 9.17) is 23.7 Å². The van der Waals surface area contributed by atoms with Gasteiger partial charge in [-0.1, -0.05) is 6.07 Å². The first-order valence-electron chi connectivity index (χ1n) is 10.3. The number of carbonyl (C=O) groups excluding carboxylic acids is 1. The Bertz CT molecular complexity index is 975. The zero-order chi connectivity index (χ0) is 22.0. The molecule has 0 bridgehead atoms. The molecule has 0 radical (unpaired) electrons. The molecule has 0 fully saturated rings. The van der Waals surface area contributed by atoms with Gasteiger partial charge in [0.1, 0.15) is 0 Å². The van der Waals surface area contributed by atoms with Gasteiger partial charge in [0, 0.05) is 12.1 Å². The Morgan fingerprint density at radius 3 is 2.65 bits per heavy atom. The minimum absolute atomic E-state index is 0.189. The molecule has 0 spiro atoms. The van der Waals surface area contributed by atoms with Crippen molar-refractivity contribution in [2.45, 2.75) is 32.4 Å². The summed E-state index contributed by atoms with van der Waals surface area (Å²) in [5.74, 6) is 2.44. The van der Waals surface area contributed by atoms with E-state index in [1.54, 1.807) is 26.0 Å². The summed E-state index contributed by atoms with van der Waals surface area (Å²) in [5.41, 5.74) is 3.60. The highest BCUT2D eigenvalue weighted by molar-refractivity contribution is 5.69. The van der Waals surface area contributed by atoms with Crippen LogP contribution in [0.15, 0.2) is 24.3 Å². The van der Waals surface area contributed by atoms with Crippen LogP contribution in [0.1, 0.15) is 35.2 Å². The topological polar surface area (TPSA) is 86.7 Å². The molecule has 1 atom stereocenters. The summed E-state index contributed by atoms with van der Waals surface area (Å²) < 4.78 is 27.3. The fraction of sp³-hybridized carbons (Fsp3) is 0.435. The Labute approximate surface area is 181 Å². The van der Waals surface area contributed by atoms with Crippen molar-refractivity contribution in [3.8, 4) is 23.0 Å². The molecule has 2 aliphatic heterocycles. The van der Waals surface area contributed by atoms with Crippen LogP contribution < -0.4 is 18.9 Å². The third-order valence-corrected chi connectivity index (χ3v) is 5.81. The third kappa shape index (κ3) is 3.83. The van der Waals surface area contributed by atoms with E-state index in [1.807, 2.05) is 24.3 Å². The first-order chi connectivity index (χ1) is 15.1. The molecule has 0 aliphatic carbocycles. The number of nitrogens with zero attached hydrogens (tertiary/aromatic N) is 1. The molecule has 0 aromatic heterocycles. The molecular weight excluding hydrogens is 402 g/mol. The lowest BCUT2D eigenvalue weighted by Gasteiger charge is -2.37. The van der Waals surface area contributed by atoms with Crippen LogP contribution in [0.5, 0.6) is 23.0 Å². The van der Waals surface area contributed by atoms with Gasteiger partial charge in [-0.25, -0.2) is 4.79 Å². The number of ether oxygens (including phenoxy) is 5. The van der Waals surface area contributed by atoms with Crippen LogP contribution in [0, 0.1) is 0 Å². The van der Waals surface area contributed by atoms with Crippen molar-refractivity contribution in [3.63, 3.8) is 0 Å². The normalized spacial score (nSPS) is 16.6. The van der Waals surface area contributed by atoms with E-state index >= 15 is 0 Å². The van der Waals surface area contributed by atoms with Gasteiger partial charge in [-0.05, 0) is 54.7 Å². The Morgan fingerprint density at radius 2 is 1.97 bits per heavy atom. The number of benzene rings is 2. The number of amides is 1. The molecule has 0 unspecified atom stereocenters. The Balaban J connectivity index is 1.78. The maximum atomic E-state index is 12.8. The predicted molar refractivity (Wildman–Crippen MR) is 112 cm³/mol. The average Bonchev–Trinajstić information content (AvgIpc) is 3.24. The van der Waals surface area contributed by atoms with Gasteiger partial charge in [-0.3, -0.25) is 0 Å². The van der Waals surface area contributed by atoms with Gasteiger partial charge in [0.25, 0.3) is 0 Å². The molecule has 31 heavy (non-hydrogen) atoms. The Kier molecular flexibility index (Phi) is 6.08. The van der Waals surface area contributed by atoms with Crippen molar-refractivity contribution in [2.24, 2.45) is 0 Å². The first kappa shape index (κ1) is 21.1. The number of hydrogen-bond donors (Lipinski definition) is 1. The SMILES string of the molecule is CCOC(=O)N1CCc2cc3c(cc2[C@@H]1Cc1ccc(OC)c(OC)c1CO)OCO3. The van der Waals surface area contributed by atoms with Crippen LogP contribution in [0.25, 0.3) is 0 Å². The van der Waals surface area contributed by atoms with Crippen molar-refractivity contribution in [2.75, 3.05) is 34.2 Å². The van der Waals surface area contributed by atoms with E-state index in [0.717, 1.165) is 22.4 Å². The van der Waals surface area contributed by atoms with Crippen LogP contribution in [-0.4, -0.2) is 50.3 Å². The van der Waals surface area contributed by atoms with E-state index < -0.39 is 0 Å². The molecule has 2 aliphatic rings. The largest absolute Gasteiger partial charge is 0.493 e. The van der Waals surface area contributed by atoms with Gasteiger partial charge >= 0.3 is 6.09 Å². The standard InChI is InChI=1S/C23H27NO7/c1-4-29-23(26)24-8-7-15-10-20-21(31-13-30-20)11-16(15)18(24)9-14-5-6-19(27-2)22(28-3)17(14)12-25/h5-6,10-11,18,25H,4,7-9,12-13H2,1-3H3/t18-/m0/s1. The Morgan fingerprint density at radius 1 is 1.19 bits per heavy atom. The maximum Gasteiger partial charge on any atom is 0.410 e. The van der Waals surface area contributed by atoms with Crippen molar-refractivity contribution in [1.82, 2.24) is 4.90 Å². The van der Waals surface area contributed by atoms with E-state index in [9.17, 15) is 9.90 Å². The predicted octanol–water partition coefficient (Wildman–Crippen LogP) is 3.22. The lowest BCUT2D eigenvalue weighted by Crippen LogP contribution is -2.41. The van der Waals surface area contributed by atoms with Crippen molar-refractivity contribution >= 4 is 6.09 Å². The lowest BCUT2D eigenvalue weighted by atomic mass is 9.87. The Hall–Kier alpha value is -3.13. The second-order valence-electron chi connectivity index (χ2n) is 7.36. The molecule has 2 aromatic rings. The molecular formula is C23H27NO7. The highest BCUT2D eigenvalue weighted by Crippen LogP contribution is 2.43. The summed E-state index contributed by atoms with van der Waals surface area (Å²) in [5, 5.41) is 10.1. The maximum absolute atomic E-state index is 12.8. The summed E-state index contributed by atoms with van der Waals surface area (Å²) in [7, 11) is 3.10. The van der Waals surface area contributed by atoms with Crippen molar-refractivity contribution in [3.05, 3.63) is 46.5 Å². The van der Waals surface area contributed by atoms with Gasteiger partial charge < -0.3 is 33.7 Å². The first-order valence-corrected chi connectivity index (χ1v) is 10.3. The van der Waals surface area contributed by atoms with Gasteiger partial charge in [0.05, 0.1) is 33.5 Å². The smallest absolute Gasteiger partial charge is 0.410 e. The molecule has 1 amide bonds. The molecule has 2 heterocycles. The zero-order valence-corrected chi connectivity index (χ0v) is 18.0. The van der Waals surface area contributed by atoms with Crippen LogP contribution >= 0.6 is 0 Å². The van der Waals surface area contributed by atoms with Gasteiger partial charge in [-0.2, -0.15) is 0 Å². The van der Waals surface area contributed by atoms with Crippen LogP contribution in [0.3, 0.4) is 0 Å². The molecule has 0 saturated heterocycles. The van der Waals surface area contributed by atoms with Crippen LogP contribution in [-0.2, 0) is 24.2 Å². The second-order valence-corrected chi connectivity index (χ2v) is 7.36. The summed E-state index contributed by atoms with van der Waals surface area (Å²) >= 11 is 0. The van der Waals surface area contributed by atoms with E-state index in [1.165, 1.54) is 0 Å². The number of aliphatic hydroxyl groups is 1. The number of fused-ring (bicyclic) bond motifs is 2. The van der Waals surface area contributed by atoms with E-state index in [-0.39, 0.29) is 25.5 Å². The van der Waals surface area contributed by atoms with Crippen LogP contribution in [0.4, 0.5) is 4.79 Å². The van der Waals surface area contributed by atoms with Gasteiger partial charge in [0.15, 0.2) is 23.0 Å². The minimum atomic E-state index is -0.359. The molecule has 166 valence electrons. The van der Waals surface area contributed by atoms with Crippen molar-refractivity contribution in [1.29, 1.82) is 0 Å². The zero-order valence-electron chi connectivity index (χ0n) is 18.0. The number of carbonyl (C=O) groups is 1. The number of methoxy groups -OCH3 is 2. The second kappa shape index (κ2) is 8.93. The molecule has 0 saturated carbocycles. The fourth-order valence-electron chi connectivity index (χ4n) is 4.34. The summed E-state index contributed by atoms with van der Waals surface area (Å²) in [6, 6.07) is 7.37. The van der Waals surface area contributed by atoms with Crippen LogP contribution in [0.2, 0.25) is 0 Å². The number of rotatable bonds is 6. The number of hydrogen-bond acceptors (Lipinski definition) is 7. The third-order valence-electron chi connectivity index (χ3n) is 5.81. The summed E-state index contributed by atoms with van der Waals surface area (Å²) in [6.07, 6.45) is 0.809. The molecule has 8 heteroatoms. The summed E-state index contributed by atoms with van der Waals surface area (Å²) in [4.78, 5) is 14.5. The van der Waals surface area contributed by atoms with E-state index in [2.05, 4.69) is 0 Å². The molecule has 2 aromatic carbocycles. The number of aliphatic hydroxyl groups excluding tert-OH is 1.